The van der Waals surface area contributed by atoms with E-state index in [-0.39, 0.29) is 5.91 Å². The Hall–Kier alpha value is -1.30. The number of aromatic nitrogens is 3. The lowest BCUT2D eigenvalue weighted by molar-refractivity contribution is -0.118. The molecule has 2 aliphatic carbocycles. The number of hydrogen-bond donors (Lipinski definition) is 1. The van der Waals surface area contributed by atoms with Gasteiger partial charge in [0.25, 0.3) is 0 Å². The maximum absolute atomic E-state index is 11.8. The average molecular weight is 292 g/mol. The predicted molar refractivity (Wildman–Crippen MR) is 78.7 cm³/mol. The fourth-order valence-electron chi connectivity index (χ4n) is 2.11. The number of amides is 1. The van der Waals surface area contributed by atoms with Gasteiger partial charge in [0.05, 0.1) is 5.75 Å². The maximum Gasteiger partial charge on any atom is 0.230 e. The van der Waals surface area contributed by atoms with Crippen LogP contribution in [0.1, 0.15) is 37.4 Å². The highest BCUT2D eigenvalue weighted by Crippen LogP contribution is 2.40. The van der Waals surface area contributed by atoms with E-state index >= 15 is 0 Å². The van der Waals surface area contributed by atoms with Crippen molar-refractivity contribution in [2.24, 2.45) is 5.92 Å². The summed E-state index contributed by atoms with van der Waals surface area (Å²) in [5.41, 5.74) is 0. The smallest absolute Gasteiger partial charge is 0.230 e. The van der Waals surface area contributed by atoms with Gasteiger partial charge in [-0.25, -0.2) is 0 Å². The summed E-state index contributed by atoms with van der Waals surface area (Å²) in [7, 11) is 0. The molecule has 5 nitrogen and oxygen atoms in total. The van der Waals surface area contributed by atoms with Gasteiger partial charge >= 0.3 is 0 Å². The van der Waals surface area contributed by atoms with Crippen LogP contribution in [-0.2, 0) is 11.3 Å². The van der Waals surface area contributed by atoms with Crippen molar-refractivity contribution in [3.05, 3.63) is 18.5 Å². The molecule has 20 heavy (non-hydrogen) atoms. The Balaban J connectivity index is 1.55. The molecule has 0 bridgehead atoms. The van der Waals surface area contributed by atoms with E-state index in [2.05, 4.69) is 26.7 Å². The molecule has 0 aliphatic heterocycles. The molecule has 0 saturated heterocycles. The minimum absolute atomic E-state index is 0.0861. The van der Waals surface area contributed by atoms with Crippen LogP contribution in [0.5, 0.6) is 0 Å². The largest absolute Gasteiger partial charge is 0.355 e. The number of rotatable bonds is 8. The molecule has 0 aromatic carbocycles. The van der Waals surface area contributed by atoms with Crippen LogP contribution in [0.4, 0.5) is 0 Å². The third kappa shape index (κ3) is 3.42. The highest BCUT2D eigenvalue weighted by Gasteiger charge is 2.30. The lowest BCUT2D eigenvalue weighted by Crippen LogP contribution is -2.27. The Morgan fingerprint density at radius 3 is 2.85 bits per heavy atom. The zero-order chi connectivity index (χ0) is 13.9. The summed E-state index contributed by atoms with van der Waals surface area (Å²) in [6.07, 6.45) is 6.76. The minimum atomic E-state index is 0.0861. The van der Waals surface area contributed by atoms with Gasteiger partial charge in [0.1, 0.15) is 5.82 Å². The van der Waals surface area contributed by atoms with Crippen molar-refractivity contribution in [1.82, 2.24) is 20.1 Å². The first-order valence-electron chi connectivity index (χ1n) is 7.21. The Bertz CT molecular complexity index is 505. The van der Waals surface area contributed by atoms with Crippen LogP contribution in [0.3, 0.4) is 0 Å². The summed E-state index contributed by atoms with van der Waals surface area (Å²) < 4.78 is 2.09. The van der Waals surface area contributed by atoms with Crippen molar-refractivity contribution in [2.45, 2.75) is 43.3 Å². The maximum atomic E-state index is 11.8. The Labute approximate surface area is 123 Å². The number of carbonyl (C=O) groups is 1. The van der Waals surface area contributed by atoms with Crippen LogP contribution < -0.4 is 5.32 Å². The lowest BCUT2D eigenvalue weighted by atomic mass is 10.4. The van der Waals surface area contributed by atoms with Gasteiger partial charge in [0, 0.05) is 19.0 Å². The molecule has 0 atom stereocenters. The summed E-state index contributed by atoms with van der Waals surface area (Å²) in [6, 6.07) is 0. The summed E-state index contributed by atoms with van der Waals surface area (Å²) >= 11 is 1.46. The van der Waals surface area contributed by atoms with Gasteiger partial charge in [-0.15, -0.1) is 16.8 Å². The second-order valence-corrected chi connectivity index (χ2v) is 6.49. The number of nitrogens with one attached hydrogen (secondary N) is 1. The standard InChI is InChI=1S/C14H20N4OS/c1-2-7-18-13(11-5-6-11)16-17-14(18)20-9-12(19)15-8-10-3-4-10/h2,10-11H,1,3-9H2,(H,15,19). The van der Waals surface area contributed by atoms with Crippen molar-refractivity contribution in [3.63, 3.8) is 0 Å². The molecule has 1 aromatic heterocycles. The van der Waals surface area contributed by atoms with E-state index < -0.39 is 0 Å². The van der Waals surface area contributed by atoms with Gasteiger partial charge in [0.15, 0.2) is 5.16 Å². The molecular formula is C14H20N4OS. The second-order valence-electron chi connectivity index (χ2n) is 5.55. The number of carbonyl (C=O) groups excluding carboxylic acids is 1. The fraction of sp³-hybridized carbons (Fsp3) is 0.643. The first-order valence-corrected chi connectivity index (χ1v) is 8.20. The number of nitrogens with zero attached hydrogens (tertiary/aromatic N) is 3. The van der Waals surface area contributed by atoms with Crippen molar-refractivity contribution in [2.75, 3.05) is 12.3 Å². The van der Waals surface area contributed by atoms with E-state index in [1.807, 2.05) is 6.08 Å². The molecule has 6 heteroatoms. The van der Waals surface area contributed by atoms with E-state index in [0.29, 0.717) is 18.2 Å². The second kappa shape index (κ2) is 5.99. The average Bonchev–Trinajstić information content (AvgIpc) is 3.34. The van der Waals surface area contributed by atoms with Crippen molar-refractivity contribution in [3.8, 4) is 0 Å². The van der Waals surface area contributed by atoms with Crippen molar-refractivity contribution >= 4 is 17.7 Å². The van der Waals surface area contributed by atoms with Gasteiger partial charge in [-0.3, -0.25) is 4.79 Å². The summed E-state index contributed by atoms with van der Waals surface area (Å²) in [4.78, 5) is 11.8. The quantitative estimate of drug-likeness (QED) is 0.588. The van der Waals surface area contributed by atoms with Gasteiger partial charge < -0.3 is 9.88 Å². The van der Waals surface area contributed by atoms with Gasteiger partial charge in [-0.1, -0.05) is 17.8 Å². The van der Waals surface area contributed by atoms with Gasteiger partial charge in [-0.2, -0.15) is 0 Å². The van der Waals surface area contributed by atoms with Gasteiger partial charge in [-0.05, 0) is 31.6 Å². The van der Waals surface area contributed by atoms with E-state index in [1.165, 1.54) is 37.4 Å². The number of thioether (sulfide) groups is 1. The summed E-state index contributed by atoms with van der Waals surface area (Å²) in [5.74, 6) is 2.82. The fourth-order valence-corrected chi connectivity index (χ4v) is 2.90. The number of allylic oxidation sites excluding steroid dienone is 1. The Morgan fingerprint density at radius 1 is 1.40 bits per heavy atom. The molecule has 2 aliphatic rings. The monoisotopic (exact) mass is 292 g/mol. The molecule has 1 amide bonds. The third-order valence-corrected chi connectivity index (χ3v) is 4.58. The summed E-state index contributed by atoms with van der Waals surface area (Å²) in [6.45, 7) is 5.32. The Morgan fingerprint density at radius 2 is 2.20 bits per heavy atom. The lowest BCUT2D eigenvalue weighted by Gasteiger charge is -2.07. The first kappa shape index (κ1) is 13.7. The van der Waals surface area contributed by atoms with Crippen LogP contribution in [0.2, 0.25) is 0 Å². The molecule has 0 radical (unpaired) electrons. The number of hydrogen-bond acceptors (Lipinski definition) is 4. The van der Waals surface area contributed by atoms with E-state index in [9.17, 15) is 4.79 Å². The molecule has 1 N–H and O–H groups in total. The normalized spacial score (nSPS) is 18.0. The molecule has 2 saturated carbocycles. The van der Waals surface area contributed by atoms with Crippen LogP contribution >= 0.6 is 11.8 Å². The topological polar surface area (TPSA) is 59.8 Å². The highest BCUT2D eigenvalue weighted by atomic mass is 32.2. The molecule has 0 unspecified atom stereocenters. The van der Waals surface area contributed by atoms with Crippen LogP contribution in [-0.4, -0.2) is 33.0 Å². The zero-order valence-corrected chi connectivity index (χ0v) is 12.4. The third-order valence-electron chi connectivity index (χ3n) is 3.62. The molecule has 1 heterocycles. The predicted octanol–water partition coefficient (Wildman–Crippen LogP) is 1.96. The molecule has 0 spiro atoms. The SMILES string of the molecule is C=CCn1c(SCC(=O)NCC2CC2)nnc1C1CC1. The van der Waals surface area contributed by atoms with Crippen LogP contribution in [0.25, 0.3) is 0 Å². The Kier molecular flexibility index (Phi) is 4.10. The van der Waals surface area contributed by atoms with E-state index in [4.69, 9.17) is 0 Å². The van der Waals surface area contributed by atoms with Crippen LogP contribution in [0, 0.1) is 5.92 Å². The van der Waals surface area contributed by atoms with E-state index in [0.717, 1.165) is 23.4 Å². The molecular weight excluding hydrogens is 272 g/mol. The van der Waals surface area contributed by atoms with Crippen LogP contribution in [0.15, 0.2) is 17.8 Å². The van der Waals surface area contributed by atoms with Crippen molar-refractivity contribution in [1.29, 1.82) is 0 Å². The highest BCUT2D eigenvalue weighted by molar-refractivity contribution is 7.99. The van der Waals surface area contributed by atoms with Crippen molar-refractivity contribution < 1.29 is 4.79 Å². The summed E-state index contributed by atoms with van der Waals surface area (Å²) in [5, 5.41) is 12.3. The molecule has 1 aromatic rings. The minimum Gasteiger partial charge on any atom is -0.355 e. The first-order chi connectivity index (χ1) is 9.78. The zero-order valence-electron chi connectivity index (χ0n) is 11.5. The molecule has 2 fully saturated rings. The molecule has 3 rings (SSSR count). The molecule has 108 valence electrons. The van der Waals surface area contributed by atoms with Gasteiger partial charge in [0.2, 0.25) is 5.91 Å². The van der Waals surface area contributed by atoms with E-state index in [1.54, 1.807) is 0 Å².